The fourth-order valence-electron chi connectivity index (χ4n) is 2.37. The number of amides is 2. The monoisotopic (exact) mass is 306 g/mol. The van der Waals surface area contributed by atoms with Crippen molar-refractivity contribution in [3.05, 3.63) is 29.8 Å². The summed E-state index contributed by atoms with van der Waals surface area (Å²) in [5, 5.41) is 11.7. The largest absolute Gasteiger partial charge is 0.480 e. The summed E-state index contributed by atoms with van der Waals surface area (Å²) in [7, 11) is 0. The number of benzene rings is 1. The maximum absolute atomic E-state index is 12.1. The van der Waals surface area contributed by atoms with E-state index in [-0.39, 0.29) is 0 Å². The van der Waals surface area contributed by atoms with Crippen LogP contribution < -0.4 is 5.32 Å². The van der Waals surface area contributed by atoms with Crippen LogP contribution in [0.15, 0.2) is 24.3 Å². The Morgan fingerprint density at radius 1 is 1.32 bits per heavy atom. The van der Waals surface area contributed by atoms with Gasteiger partial charge in [-0.25, -0.2) is 14.4 Å². The highest BCUT2D eigenvalue weighted by Gasteiger charge is 2.33. The molecule has 0 aliphatic carbocycles. The van der Waals surface area contributed by atoms with Gasteiger partial charge >= 0.3 is 18.0 Å². The number of rotatable bonds is 4. The number of nitrogens with zero attached hydrogens (tertiary/aromatic N) is 1. The first kappa shape index (κ1) is 15.8. The molecule has 2 N–H and O–H groups in total. The van der Waals surface area contributed by atoms with Crippen molar-refractivity contribution in [2.75, 3.05) is 18.5 Å². The van der Waals surface area contributed by atoms with Crippen LogP contribution in [0, 0.1) is 0 Å². The molecule has 1 aliphatic heterocycles. The Morgan fingerprint density at radius 2 is 2.00 bits per heavy atom. The van der Waals surface area contributed by atoms with Crippen LogP contribution in [0.1, 0.15) is 30.1 Å². The molecule has 0 bridgehead atoms. The molecule has 7 heteroatoms. The second-order valence-corrected chi connectivity index (χ2v) is 4.92. The van der Waals surface area contributed by atoms with Crippen LogP contribution in [0.2, 0.25) is 0 Å². The van der Waals surface area contributed by atoms with Crippen molar-refractivity contribution >= 4 is 23.7 Å². The topological polar surface area (TPSA) is 95.9 Å². The molecule has 7 nitrogen and oxygen atoms in total. The number of aliphatic carboxylic acids is 1. The highest BCUT2D eigenvalue weighted by atomic mass is 16.5. The fraction of sp³-hybridized carbons (Fsp3) is 0.400. The molecule has 1 fully saturated rings. The summed E-state index contributed by atoms with van der Waals surface area (Å²) in [6, 6.07) is 5.03. The van der Waals surface area contributed by atoms with Crippen LogP contribution >= 0.6 is 0 Å². The molecule has 2 rings (SSSR count). The molecule has 0 saturated carbocycles. The number of hydrogen-bond acceptors (Lipinski definition) is 4. The highest BCUT2D eigenvalue weighted by Crippen LogP contribution is 2.19. The van der Waals surface area contributed by atoms with Gasteiger partial charge in [0.05, 0.1) is 12.2 Å². The Morgan fingerprint density at radius 3 is 2.59 bits per heavy atom. The molecule has 1 aromatic rings. The zero-order valence-electron chi connectivity index (χ0n) is 12.2. The van der Waals surface area contributed by atoms with Crippen molar-refractivity contribution in [3.63, 3.8) is 0 Å². The molecule has 0 aromatic heterocycles. The van der Waals surface area contributed by atoms with Gasteiger partial charge in [-0.3, -0.25) is 0 Å². The standard InChI is InChI=1S/C15H18N2O5/c1-2-22-14(20)10-5-7-11(8-6-10)16-15(21)17-9-3-4-12(17)13(18)19/h5-8,12H,2-4,9H2,1H3,(H,16,21)(H,18,19)/t12-/m1/s1. The minimum absolute atomic E-state index is 0.295. The fourth-order valence-corrected chi connectivity index (χ4v) is 2.37. The van der Waals surface area contributed by atoms with E-state index in [2.05, 4.69) is 5.32 Å². The number of carboxylic acid groups (broad SMARTS) is 1. The number of anilines is 1. The summed E-state index contributed by atoms with van der Waals surface area (Å²) in [5.74, 6) is -1.42. The predicted octanol–water partition coefficient (Wildman–Crippen LogP) is 1.94. The van der Waals surface area contributed by atoms with Gasteiger partial charge in [-0.15, -0.1) is 0 Å². The first-order chi connectivity index (χ1) is 10.5. The number of nitrogens with one attached hydrogen (secondary N) is 1. The molecule has 1 saturated heterocycles. The van der Waals surface area contributed by atoms with Gasteiger partial charge < -0.3 is 20.1 Å². The maximum Gasteiger partial charge on any atom is 0.338 e. The summed E-state index contributed by atoms with van der Waals surface area (Å²) < 4.78 is 4.87. The van der Waals surface area contributed by atoms with Crippen molar-refractivity contribution in [1.29, 1.82) is 0 Å². The zero-order valence-corrected chi connectivity index (χ0v) is 12.2. The van der Waals surface area contributed by atoms with E-state index in [4.69, 9.17) is 9.84 Å². The molecule has 0 spiro atoms. The van der Waals surface area contributed by atoms with E-state index in [0.717, 1.165) is 0 Å². The van der Waals surface area contributed by atoms with Crippen LogP contribution in [-0.4, -0.2) is 47.2 Å². The van der Waals surface area contributed by atoms with Crippen LogP contribution in [0.4, 0.5) is 10.5 Å². The van der Waals surface area contributed by atoms with E-state index >= 15 is 0 Å². The number of likely N-dealkylation sites (tertiary alicyclic amines) is 1. The first-order valence-electron chi connectivity index (χ1n) is 7.10. The molecule has 2 amide bonds. The van der Waals surface area contributed by atoms with Crippen molar-refractivity contribution in [2.45, 2.75) is 25.8 Å². The quantitative estimate of drug-likeness (QED) is 0.829. The van der Waals surface area contributed by atoms with Crippen molar-refractivity contribution in [3.8, 4) is 0 Å². The SMILES string of the molecule is CCOC(=O)c1ccc(NC(=O)N2CCC[C@@H]2C(=O)O)cc1. The summed E-state index contributed by atoms with van der Waals surface area (Å²) in [6.07, 6.45) is 1.14. The van der Waals surface area contributed by atoms with Crippen LogP contribution in [0.5, 0.6) is 0 Å². The summed E-state index contributed by atoms with van der Waals surface area (Å²) in [5.41, 5.74) is 0.888. The Balaban J connectivity index is 2.00. The molecule has 0 radical (unpaired) electrons. The molecule has 22 heavy (non-hydrogen) atoms. The smallest absolute Gasteiger partial charge is 0.338 e. The van der Waals surface area contributed by atoms with Crippen molar-refractivity contribution in [1.82, 2.24) is 4.90 Å². The molecule has 0 unspecified atom stereocenters. The second-order valence-electron chi connectivity index (χ2n) is 4.92. The number of urea groups is 1. The molecule has 1 aliphatic rings. The molecule has 118 valence electrons. The van der Waals surface area contributed by atoms with Crippen LogP contribution in [0.25, 0.3) is 0 Å². The van der Waals surface area contributed by atoms with Crippen molar-refractivity contribution in [2.24, 2.45) is 0 Å². The van der Waals surface area contributed by atoms with Gasteiger partial charge in [0.25, 0.3) is 0 Å². The number of carbonyl (C=O) groups excluding carboxylic acids is 2. The van der Waals surface area contributed by atoms with E-state index in [0.29, 0.717) is 37.2 Å². The first-order valence-corrected chi connectivity index (χ1v) is 7.10. The lowest BCUT2D eigenvalue weighted by atomic mass is 10.2. The Bertz CT molecular complexity index is 570. The van der Waals surface area contributed by atoms with Gasteiger partial charge in [-0.05, 0) is 44.0 Å². The van der Waals surface area contributed by atoms with Crippen LogP contribution in [0.3, 0.4) is 0 Å². The Kier molecular flexibility index (Phi) is 4.98. The minimum Gasteiger partial charge on any atom is -0.480 e. The van der Waals surface area contributed by atoms with E-state index in [1.54, 1.807) is 31.2 Å². The van der Waals surface area contributed by atoms with Crippen molar-refractivity contribution < 1.29 is 24.2 Å². The maximum atomic E-state index is 12.1. The van der Waals surface area contributed by atoms with E-state index in [1.165, 1.54) is 4.90 Å². The van der Waals surface area contributed by atoms with Crippen LogP contribution in [-0.2, 0) is 9.53 Å². The Hall–Kier alpha value is -2.57. The Labute approximate surface area is 127 Å². The lowest BCUT2D eigenvalue weighted by Crippen LogP contribution is -2.42. The second kappa shape index (κ2) is 6.93. The summed E-state index contributed by atoms with van der Waals surface area (Å²) in [6.45, 7) is 2.44. The molecule has 1 atom stereocenters. The lowest BCUT2D eigenvalue weighted by Gasteiger charge is -2.21. The van der Waals surface area contributed by atoms with Gasteiger partial charge in [0, 0.05) is 12.2 Å². The third kappa shape index (κ3) is 3.55. The van der Waals surface area contributed by atoms with Gasteiger partial charge in [-0.1, -0.05) is 0 Å². The zero-order chi connectivity index (χ0) is 16.1. The average molecular weight is 306 g/mol. The highest BCUT2D eigenvalue weighted by molar-refractivity contribution is 5.94. The molecular formula is C15H18N2O5. The van der Waals surface area contributed by atoms with Gasteiger partial charge in [0.2, 0.25) is 0 Å². The van der Waals surface area contributed by atoms with Gasteiger partial charge in [-0.2, -0.15) is 0 Å². The third-order valence-electron chi connectivity index (χ3n) is 3.45. The average Bonchev–Trinajstić information content (AvgIpc) is 2.98. The lowest BCUT2D eigenvalue weighted by molar-refractivity contribution is -0.141. The summed E-state index contributed by atoms with van der Waals surface area (Å²) in [4.78, 5) is 36.0. The number of hydrogen-bond donors (Lipinski definition) is 2. The molecule has 1 heterocycles. The number of carbonyl (C=O) groups is 3. The minimum atomic E-state index is -0.995. The number of ether oxygens (including phenoxy) is 1. The normalized spacial score (nSPS) is 17.1. The van der Waals surface area contributed by atoms with Gasteiger partial charge in [0.1, 0.15) is 6.04 Å². The predicted molar refractivity (Wildman–Crippen MR) is 78.8 cm³/mol. The number of esters is 1. The van der Waals surface area contributed by atoms with E-state index < -0.39 is 24.0 Å². The summed E-state index contributed by atoms with van der Waals surface area (Å²) >= 11 is 0. The van der Waals surface area contributed by atoms with E-state index in [1.807, 2.05) is 0 Å². The molecular weight excluding hydrogens is 288 g/mol. The van der Waals surface area contributed by atoms with E-state index in [9.17, 15) is 14.4 Å². The van der Waals surface area contributed by atoms with Gasteiger partial charge in [0.15, 0.2) is 0 Å². The molecule has 1 aromatic carbocycles. The third-order valence-corrected chi connectivity index (χ3v) is 3.45. The number of carboxylic acids is 1.